The number of non-ortho nitro benzene ring substituents is 1. The summed E-state index contributed by atoms with van der Waals surface area (Å²) in [5, 5.41) is 15.1. The largest absolute Gasteiger partial charge is 0.416 e. The average molecular weight is 473 g/mol. The van der Waals surface area contributed by atoms with E-state index in [2.05, 4.69) is 15.2 Å². The van der Waals surface area contributed by atoms with Crippen LogP contribution in [0.5, 0.6) is 0 Å². The second kappa shape index (κ2) is 9.26. The first kappa shape index (κ1) is 23.4. The van der Waals surface area contributed by atoms with E-state index in [0.717, 1.165) is 23.2 Å². The van der Waals surface area contributed by atoms with E-state index in [1.165, 1.54) is 24.4 Å². The van der Waals surface area contributed by atoms with Crippen LogP contribution in [0.15, 0.2) is 54.9 Å². The van der Waals surface area contributed by atoms with Gasteiger partial charge in [-0.25, -0.2) is 0 Å². The van der Waals surface area contributed by atoms with Crippen LogP contribution in [-0.4, -0.2) is 52.9 Å². The lowest BCUT2D eigenvalue weighted by molar-refractivity contribution is -0.383. The number of nitro benzene ring substituents is 1. The molecule has 3 aromatic rings. The molecule has 0 aliphatic carbocycles. The number of nitro groups is 1. The van der Waals surface area contributed by atoms with Gasteiger partial charge < -0.3 is 10.2 Å². The predicted molar refractivity (Wildman–Crippen MR) is 122 cm³/mol. The van der Waals surface area contributed by atoms with Gasteiger partial charge in [0, 0.05) is 61.4 Å². The summed E-state index contributed by atoms with van der Waals surface area (Å²) in [5.74, 6) is -0.389. The molecule has 1 unspecified atom stereocenters. The fourth-order valence-corrected chi connectivity index (χ4v) is 4.13. The van der Waals surface area contributed by atoms with Gasteiger partial charge in [-0.3, -0.25) is 24.8 Å². The Labute approximate surface area is 193 Å². The molecule has 0 spiro atoms. The zero-order chi connectivity index (χ0) is 24.5. The van der Waals surface area contributed by atoms with Gasteiger partial charge in [0.2, 0.25) is 5.91 Å². The number of piperazine rings is 1. The summed E-state index contributed by atoms with van der Waals surface area (Å²) in [4.78, 5) is 31.7. The van der Waals surface area contributed by atoms with Crippen LogP contribution in [0.4, 0.5) is 30.2 Å². The number of alkyl halides is 3. The van der Waals surface area contributed by atoms with Crippen molar-refractivity contribution in [1.29, 1.82) is 0 Å². The Morgan fingerprint density at radius 3 is 2.53 bits per heavy atom. The van der Waals surface area contributed by atoms with Crippen LogP contribution in [0.25, 0.3) is 10.8 Å². The summed E-state index contributed by atoms with van der Waals surface area (Å²) in [6, 6.07) is 8.94. The second-order valence-electron chi connectivity index (χ2n) is 8.05. The minimum atomic E-state index is -4.49. The molecule has 34 heavy (non-hydrogen) atoms. The van der Waals surface area contributed by atoms with Crippen LogP contribution < -0.4 is 10.2 Å². The molecule has 0 saturated carbocycles. The molecule has 1 amide bonds. The maximum absolute atomic E-state index is 12.9. The number of amides is 1. The van der Waals surface area contributed by atoms with Crippen molar-refractivity contribution < 1.29 is 22.9 Å². The predicted octanol–water partition coefficient (Wildman–Crippen LogP) is 4.31. The SMILES string of the molecule is CC(C(=O)Nc1cccc(C(F)(F)F)c1)N1CCN(c2ccc([N+](=O)[O-])c3cnccc23)CC1. The zero-order valence-corrected chi connectivity index (χ0v) is 18.2. The summed E-state index contributed by atoms with van der Waals surface area (Å²) in [7, 11) is 0. The van der Waals surface area contributed by atoms with Gasteiger partial charge in [-0.15, -0.1) is 0 Å². The van der Waals surface area contributed by atoms with Crippen molar-refractivity contribution in [2.45, 2.75) is 19.1 Å². The van der Waals surface area contributed by atoms with Crippen molar-refractivity contribution in [2.75, 3.05) is 36.4 Å². The zero-order valence-electron chi connectivity index (χ0n) is 18.2. The molecule has 2 aromatic carbocycles. The third-order valence-corrected chi connectivity index (χ3v) is 6.01. The van der Waals surface area contributed by atoms with E-state index in [9.17, 15) is 28.1 Å². The van der Waals surface area contributed by atoms with E-state index >= 15 is 0 Å². The van der Waals surface area contributed by atoms with Crippen LogP contribution in [0, 0.1) is 10.1 Å². The van der Waals surface area contributed by atoms with Crippen molar-refractivity contribution in [3.8, 4) is 0 Å². The summed E-state index contributed by atoms with van der Waals surface area (Å²) in [5.41, 5.74) is 0.113. The number of aromatic nitrogens is 1. The van der Waals surface area contributed by atoms with E-state index in [1.807, 2.05) is 4.90 Å². The smallest absolute Gasteiger partial charge is 0.368 e. The van der Waals surface area contributed by atoms with E-state index in [0.29, 0.717) is 31.6 Å². The number of carbonyl (C=O) groups is 1. The summed E-state index contributed by atoms with van der Waals surface area (Å²) in [6.07, 6.45) is -1.42. The van der Waals surface area contributed by atoms with Crippen molar-refractivity contribution in [1.82, 2.24) is 9.88 Å². The maximum atomic E-state index is 12.9. The first-order valence-electron chi connectivity index (χ1n) is 10.6. The number of hydrogen-bond acceptors (Lipinski definition) is 6. The Kier molecular flexibility index (Phi) is 6.38. The van der Waals surface area contributed by atoms with Crippen LogP contribution >= 0.6 is 0 Å². The number of carbonyl (C=O) groups excluding carboxylic acids is 1. The molecule has 11 heteroatoms. The van der Waals surface area contributed by atoms with E-state index in [4.69, 9.17) is 0 Å². The van der Waals surface area contributed by atoms with E-state index < -0.39 is 22.7 Å². The molecule has 178 valence electrons. The van der Waals surface area contributed by atoms with Gasteiger partial charge in [-0.1, -0.05) is 6.07 Å². The molecule has 2 heterocycles. The molecule has 1 aliphatic rings. The minimum absolute atomic E-state index is 0.00892. The molecule has 0 radical (unpaired) electrons. The Balaban J connectivity index is 1.43. The third kappa shape index (κ3) is 4.79. The van der Waals surface area contributed by atoms with Crippen LogP contribution in [0.2, 0.25) is 0 Å². The number of nitrogens with zero attached hydrogens (tertiary/aromatic N) is 4. The quantitative estimate of drug-likeness (QED) is 0.439. The Morgan fingerprint density at radius 1 is 1.12 bits per heavy atom. The second-order valence-corrected chi connectivity index (χ2v) is 8.05. The number of rotatable bonds is 5. The van der Waals surface area contributed by atoms with Crippen molar-refractivity contribution in [3.05, 3.63) is 70.5 Å². The number of pyridine rings is 1. The first-order valence-corrected chi connectivity index (χ1v) is 10.6. The highest BCUT2D eigenvalue weighted by Gasteiger charge is 2.31. The van der Waals surface area contributed by atoms with E-state index in [-0.39, 0.29) is 17.3 Å². The van der Waals surface area contributed by atoms with Crippen molar-refractivity contribution >= 4 is 33.7 Å². The topological polar surface area (TPSA) is 91.6 Å². The number of fused-ring (bicyclic) bond motifs is 1. The molecule has 1 fully saturated rings. The summed E-state index contributed by atoms with van der Waals surface area (Å²) >= 11 is 0. The van der Waals surface area contributed by atoms with Crippen molar-refractivity contribution in [2.24, 2.45) is 0 Å². The number of halogens is 3. The number of anilines is 2. The molecule has 1 N–H and O–H groups in total. The van der Waals surface area contributed by atoms with Crippen molar-refractivity contribution in [3.63, 3.8) is 0 Å². The van der Waals surface area contributed by atoms with Crippen LogP contribution in [0.3, 0.4) is 0 Å². The van der Waals surface area contributed by atoms with Gasteiger partial charge in [0.05, 0.1) is 21.9 Å². The lowest BCUT2D eigenvalue weighted by atomic mass is 10.1. The third-order valence-electron chi connectivity index (χ3n) is 6.01. The Bertz CT molecular complexity index is 1230. The lowest BCUT2D eigenvalue weighted by Crippen LogP contribution is -2.52. The molecule has 1 atom stereocenters. The molecular formula is C23H22F3N5O3. The first-order chi connectivity index (χ1) is 16.1. The fourth-order valence-electron chi connectivity index (χ4n) is 4.13. The molecule has 1 aliphatic heterocycles. The molecule has 1 aromatic heterocycles. The number of nitrogens with one attached hydrogen (secondary N) is 1. The molecule has 4 rings (SSSR count). The fraction of sp³-hybridized carbons (Fsp3) is 0.304. The van der Waals surface area contributed by atoms with Crippen LogP contribution in [0.1, 0.15) is 12.5 Å². The monoisotopic (exact) mass is 473 g/mol. The Morgan fingerprint density at radius 2 is 1.85 bits per heavy atom. The van der Waals surface area contributed by atoms with Gasteiger partial charge in [-0.2, -0.15) is 13.2 Å². The van der Waals surface area contributed by atoms with Gasteiger partial charge in [0.25, 0.3) is 5.69 Å². The molecule has 8 nitrogen and oxygen atoms in total. The summed E-state index contributed by atoms with van der Waals surface area (Å²) < 4.78 is 38.8. The molecule has 0 bridgehead atoms. The Hall–Kier alpha value is -3.73. The average Bonchev–Trinajstić information content (AvgIpc) is 2.82. The molecule has 1 saturated heterocycles. The minimum Gasteiger partial charge on any atom is -0.368 e. The van der Waals surface area contributed by atoms with Gasteiger partial charge >= 0.3 is 6.18 Å². The van der Waals surface area contributed by atoms with Gasteiger partial charge in [0.1, 0.15) is 0 Å². The summed E-state index contributed by atoms with van der Waals surface area (Å²) in [6.45, 7) is 3.96. The van der Waals surface area contributed by atoms with E-state index in [1.54, 1.807) is 25.3 Å². The maximum Gasteiger partial charge on any atom is 0.416 e. The number of benzene rings is 2. The highest BCUT2D eigenvalue weighted by molar-refractivity contribution is 5.99. The lowest BCUT2D eigenvalue weighted by Gasteiger charge is -2.38. The standard InChI is InChI=1S/C23H22F3N5O3/c1-15(22(32)28-17-4-2-3-16(13-17)23(24,25)26)29-9-11-30(12-10-29)20-5-6-21(31(33)34)19-14-27-8-7-18(19)20/h2-8,13-15H,9-12H2,1H3,(H,28,32). The normalized spacial score (nSPS) is 15.8. The van der Waals surface area contributed by atoms with Gasteiger partial charge in [-0.05, 0) is 37.3 Å². The highest BCUT2D eigenvalue weighted by atomic mass is 19.4. The highest BCUT2D eigenvalue weighted by Crippen LogP contribution is 2.34. The van der Waals surface area contributed by atoms with Gasteiger partial charge in [0.15, 0.2) is 0 Å². The molecular weight excluding hydrogens is 451 g/mol. The van der Waals surface area contributed by atoms with Crippen LogP contribution in [-0.2, 0) is 11.0 Å². The number of hydrogen-bond donors (Lipinski definition) is 1.